The normalized spacial score (nSPS) is 11.7. The lowest BCUT2D eigenvalue weighted by molar-refractivity contribution is 0.128. The maximum atomic E-state index is 6.03. The predicted octanol–water partition coefficient (Wildman–Crippen LogP) is 2.06. The number of hydrogen-bond acceptors (Lipinski definition) is 3. The zero-order valence-corrected chi connectivity index (χ0v) is 12.9. The molecule has 0 unspecified atom stereocenters. The molecule has 0 saturated carbocycles. The van der Waals surface area contributed by atoms with Crippen LogP contribution in [0.5, 0.6) is 0 Å². The van der Waals surface area contributed by atoms with Gasteiger partial charge in [0.15, 0.2) is 5.96 Å². The molecule has 7 heteroatoms. The van der Waals surface area contributed by atoms with Crippen molar-refractivity contribution in [2.45, 2.75) is 6.61 Å². The van der Waals surface area contributed by atoms with Gasteiger partial charge in [-0.15, -0.1) is 0 Å². The Labute approximate surface area is 129 Å². The summed E-state index contributed by atoms with van der Waals surface area (Å²) in [4.78, 5) is 4.11. The summed E-state index contributed by atoms with van der Waals surface area (Å²) >= 11 is 11.8. The summed E-state index contributed by atoms with van der Waals surface area (Å²) < 4.78 is 10.4. The smallest absolute Gasteiger partial charge is 0.188 e. The van der Waals surface area contributed by atoms with E-state index in [1.54, 1.807) is 19.2 Å². The highest BCUT2D eigenvalue weighted by molar-refractivity contribution is 6.35. The molecule has 0 spiro atoms. The van der Waals surface area contributed by atoms with Crippen LogP contribution >= 0.6 is 23.2 Å². The number of aliphatic imine (C=N–C) groups is 1. The number of nitrogens with two attached hydrogens (primary N) is 1. The van der Waals surface area contributed by atoms with Crippen molar-refractivity contribution in [1.29, 1.82) is 0 Å². The van der Waals surface area contributed by atoms with Crippen molar-refractivity contribution in [1.82, 2.24) is 5.32 Å². The molecule has 0 aromatic heterocycles. The van der Waals surface area contributed by atoms with E-state index in [9.17, 15) is 0 Å². The Morgan fingerprint density at radius 2 is 2.15 bits per heavy atom. The van der Waals surface area contributed by atoms with Gasteiger partial charge in [-0.1, -0.05) is 29.3 Å². The second-order valence-corrected chi connectivity index (χ2v) is 4.82. The van der Waals surface area contributed by atoms with Crippen molar-refractivity contribution < 1.29 is 9.47 Å². The van der Waals surface area contributed by atoms with Gasteiger partial charge in [-0.05, 0) is 17.7 Å². The third-order valence-electron chi connectivity index (χ3n) is 2.40. The quantitative estimate of drug-likeness (QED) is 0.437. The van der Waals surface area contributed by atoms with Crippen LogP contribution in [0.4, 0.5) is 0 Å². The number of guanidine groups is 1. The Balaban J connectivity index is 2.19. The molecule has 0 saturated heterocycles. The first-order valence-electron chi connectivity index (χ1n) is 6.18. The first-order chi connectivity index (χ1) is 9.63. The van der Waals surface area contributed by atoms with E-state index in [0.29, 0.717) is 48.9 Å². The second-order valence-electron chi connectivity index (χ2n) is 3.97. The van der Waals surface area contributed by atoms with Crippen molar-refractivity contribution >= 4 is 29.2 Å². The third kappa shape index (κ3) is 6.96. The number of methoxy groups -OCH3 is 1. The molecule has 5 nitrogen and oxygen atoms in total. The summed E-state index contributed by atoms with van der Waals surface area (Å²) in [5.41, 5.74) is 6.54. The Kier molecular flexibility index (Phi) is 8.37. The fourth-order valence-electron chi connectivity index (χ4n) is 1.39. The molecule has 3 N–H and O–H groups in total. The van der Waals surface area contributed by atoms with E-state index >= 15 is 0 Å². The second kappa shape index (κ2) is 9.83. The third-order valence-corrected chi connectivity index (χ3v) is 2.99. The molecular weight excluding hydrogens is 301 g/mol. The standard InChI is InChI=1S/C13H19Cl2N3O2/c1-19-6-4-17-13(16)18-5-7-20-9-10-2-3-11(14)8-12(10)15/h2-3,8H,4-7,9H2,1H3,(H3,16,17,18). The molecule has 0 heterocycles. The molecule has 0 radical (unpaired) electrons. The molecule has 0 aliphatic rings. The van der Waals surface area contributed by atoms with Gasteiger partial charge in [-0.25, -0.2) is 0 Å². The lowest BCUT2D eigenvalue weighted by Gasteiger charge is -2.06. The first-order valence-corrected chi connectivity index (χ1v) is 6.93. The number of ether oxygens (including phenoxy) is 2. The average Bonchev–Trinajstić information content (AvgIpc) is 2.41. The summed E-state index contributed by atoms with van der Waals surface area (Å²) in [6, 6.07) is 5.31. The minimum atomic E-state index is 0.384. The van der Waals surface area contributed by atoms with Crippen LogP contribution in [0.2, 0.25) is 10.0 Å². The van der Waals surface area contributed by atoms with Gasteiger partial charge in [0.05, 0.1) is 26.4 Å². The molecule has 0 aliphatic heterocycles. The lowest BCUT2D eigenvalue weighted by atomic mass is 10.2. The molecule has 1 rings (SSSR count). The monoisotopic (exact) mass is 319 g/mol. The minimum absolute atomic E-state index is 0.384. The number of nitrogens with one attached hydrogen (secondary N) is 1. The number of rotatable bonds is 8. The van der Waals surface area contributed by atoms with Gasteiger partial charge in [0.25, 0.3) is 0 Å². The van der Waals surface area contributed by atoms with Gasteiger partial charge in [-0.3, -0.25) is 4.99 Å². The number of nitrogens with zero attached hydrogens (tertiary/aromatic N) is 1. The van der Waals surface area contributed by atoms with Gasteiger partial charge in [0.1, 0.15) is 0 Å². The Morgan fingerprint density at radius 1 is 1.35 bits per heavy atom. The molecule has 1 aromatic carbocycles. The zero-order valence-electron chi connectivity index (χ0n) is 11.4. The van der Waals surface area contributed by atoms with E-state index in [2.05, 4.69) is 10.3 Å². The van der Waals surface area contributed by atoms with Gasteiger partial charge < -0.3 is 20.5 Å². The molecule has 1 aromatic rings. The zero-order chi connectivity index (χ0) is 14.8. The number of benzene rings is 1. The van der Waals surface area contributed by atoms with E-state index in [1.165, 1.54) is 0 Å². The highest BCUT2D eigenvalue weighted by atomic mass is 35.5. The summed E-state index contributed by atoms with van der Waals surface area (Å²) in [6.07, 6.45) is 0. The van der Waals surface area contributed by atoms with Crippen molar-refractivity contribution in [3.63, 3.8) is 0 Å². The fourth-order valence-corrected chi connectivity index (χ4v) is 1.85. The Morgan fingerprint density at radius 3 is 2.85 bits per heavy atom. The maximum absolute atomic E-state index is 6.03. The number of hydrogen-bond donors (Lipinski definition) is 2. The minimum Gasteiger partial charge on any atom is -0.383 e. The highest BCUT2D eigenvalue weighted by Crippen LogP contribution is 2.21. The van der Waals surface area contributed by atoms with Crippen LogP contribution in [0.1, 0.15) is 5.56 Å². The molecule has 0 aliphatic carbocycles. The van der Waals surface area contributed by atoms with Crippen molar-refractivity contribution in [3.05, 3.63) is 33.8 Å². The van der Waals surface area contributed by atoms with Gasteiger partial charge >= 0.3 is 0 Å². The van der Waals surface area contributed by atoms with Crippen molar-refractivity contribution in [2.75, 3.05) is 33.4 Å². The summed E-state index contributed by atoms with van der Waals surface area (Å²) in [5, 5.41) is 4.13. The molecular formula is C13H19Cl2N3O2. The summed E-state index contributed by atoms with van der Waals surface area (Å²) in [6.45, 7) is 2.58. The van der Waals surface area contributed by atoms with Gasteiger partial charge in [0.2, 0.25) is 0 Å². The van der Waals surface area contributed by atoms with Crippen LogP contribution in [-0.4, -0.2) is 39.4 Å². The maximum Gasteiger partial charge on any atom is 0.188 e. The largest absolute Gasteiger partial charge is 0.383 e. The van der Waals surface area contributed by atoms with E-state index < -0.39 is 0 Å². The van der Waals surface area contributed by atoms with Crippen LogP contribution in [0.25, 0.3) is 0 Å². The van der Waals surface area contributed by atoms with Crippen LogP contribution in [-0.2, 0) is 16.1 Å². The molecule has 20 heavy (non-hydrogen) atoms. The molecule has 0 amide bonds. The van der Waals surface area contributed by atoms with Crippen LogP contribution < -0.4 is 11.1 Å². The van der Waals surface area contributed by atoms with E-state index in [-0.39, 0.29) is 0 Å². The lowest BCUT2D eigenvalue weighted by Crippen LogP contribution is -2.34. The van der Waals surface area contributed by atoms with Crippen molar-refractivity contribution in [3.8, 4) is 0 Å². The van der Waals surface area contributed by atoms with Crippen LogP contribution in [0.15, 0.2) is 23.2 Å². The molecule has 0 atom stereocenters. The Bertz CT molecular complexity index is 442. The Hall–Kier alpha value is -1.01. The van der Waals surface area contributed by atoms with Gasteiger partial charge in [0, 0.05) is 23.7 Å². The topological polar surface area (TPSA) is 68.9 Å². The SMILES string of the molecule is COCCNC(N)=NCCOCc1ccc(Cl)cc1Cl. The predicted molar refractivity (Wildman–Crippen MR) is 82.5 cm³/mol. The first kappa shape index (κ1) is 17.0. The molecule has 0 bridgehead atoms. The highest BCUT2D eigenvalue weighted by Gasteiger charge is 2.01. The number of halogens is 2. The molecule has 112 valence electrons. The van der Waals surface area contributed by atoms with E-state index in [1.807, 2.05) is 6.07 Å². The van der Waals surface area contributed by atoms with E-state index in [0.717, 1.165) is 5.56 Å². The van der Waals surface area contributed by atoms with Crippen LogP contribution in [0, 0.1) is 0 Å². The summed E-state index contributed by atoms with van der Waals surface area (Å²) in [7, 11) is 1.63. The van der Waals surface area contributed by atoms with Crippen molar-refractivity contribution in [2.24, 2.45) is 10.7 Å². The van der Waals surface area contributed by atoms with Gasteiger partial charge in [-0.2, -0.15) is 0 Å². The van der Waals surface area contributed by atoms with E-state index in [4.69, 9.17) is 38.4 Å². The summed E-state index contributed by atoms with van der Waals surface area (Å²) in [5.74, 6) is 0.384. The molecule has 0 fully saturated rings. The average molecular weight is 320 g/mol. The van der Waals surface area contributed by atoms with Crippen LogP contribution in [0.3, 0.4) is 0 Å². The fraction of sp³-hybridized carbons (Fsp3) is 0.462.